The van der Waals surface area contributed by atoms with Crippen LogP contribution in [0.5, 0.6) is 0 Å². The van der Waals surface area contributed by atoms with Crippen LogP contribution in [0, 0.1) is 11.6 Å². The van der Waals surface area contributed by atoms with Crippen molar-refractivity contribution in [3.05, 3.63) is 70.2 Å². The second kappa shape index (κ2) is 10.6. The van der Waals surface area contributed by atoms with Crippen molar-refractivity contribution in [1.29, 1.82) is 0 Å². The highest BCUT2D eigenvalue weighted by atomic mass is 35.5. The number of hydrogen-bond acceptors (Lipinski definition) is 4. The zero-order valence-corrected chi connectivity index (χ0v) is 17.8. The molecule has 1 aliphatic heterocycles. The van der Waals surface area contributed by atoms with Crippen LogP contribution in [-0.2, 0) is 4.74 Å². The van der Waals surface area contributed by atoms with Gasteiger partial charge in [-0.05, 0) is 42.8 Å². The van der Waals surface area contributed by atoms with Gasteiger partial charge in [0, 0.05) is 31.2 Å². The molecule has 166 valence electrons. The van der Waals surface area contributed by atoms with Crippen LogP contribution < -0.4 is 21.5 Å². The van der Waals surface area contributed by atoms with Crippen LogP contribution in [0.25, 0.3) is 0 Å². The lowest BCUT2D eigenvalue weighted by atomic mass is 10.0. The number of halogens is 3. The molecular weight excluding hydrogens is 428 g/mol. The number of guanidine groups is 1. The number of benzene rings is 2. The Bertz CT molecular complexity index is 942. The fourth-order valence-electron chi connectivity index (χ4n) is 3.16. The third kappa shape index (κ3) is 6.44. The lowest BCUT2D eigenvalue weighted by molar-refractivity contribution is 0.100. The van der Waals surface area contributed by atoms with Crippen molar-refractivity contribution in [2.24, 2.45) is 4.99 Å². The first-order valence-corrected chi connectivity index (χ1v) is 10.1. The highest BCUT2D eigenvalue weighted by molar-refractivity contribution is 6.30. The molecule has 2 unspecified atom stereocenters. The minimum absolute atomic E-state index is 0.0585. The van der Waals surface area contributed by atoms with Crippen LogP contribution in [0.2, 0.25) is 5.02 Å². The zero-order valence-electron chi connectivity index (χ0n) is 17.1. The van der Waals surface area contributed by atoms with Gasteiger partial charge in [0.15, 0.2) is 0 Å². The van der Waals surface area contributed by atoms with Crippen molar-refractivity contribution in [3.63, 3.8) is 0 Å². The first kappa shape index (κ1) is 23.1. The molecule has 0 radical (unpaired) electrons. The molecule has 3 rings (SSSR count). The van der Waals surface area contributed by atoms with Crippen molar-refractivity contribution < 1.29 is 18.3 Å². The number of amides is 1. The van der Waals surface area contributed by atoms with Crippen LogP contribution in [0.3, 0.4) is 0 Å². The summed E-state index contributed by atoms with van der Waals surface area (Å²) in [6, 6.07) is 9.80. The molecule has 1 heterocycles. The number of rotatable bonds is 6. The van der Waals surface area contributed by atoms with E-state index in [9.17, 15) is 13.6 Å². The largest absolute Gasteiger partial charge is 0.383 e. The van der Waals surface area contributed by atoms with E-state index in [0.717, 1.165) is 11.6 Å². The number of nitrogens with one attached hydrogen (secondary N) is 4. The van der Waals surface area contributed by atoms with Gasteiger partial charge in [-0.1, -0.05) is 23.7 Å². The number of hydrogen-bond donors (Lipinski definition) is 4. The molecule has 3 atom stereocenters. The average molecular weight is 452 g/mol. The minimum atomic E-state index is -0.693. The summed E-state index contributed by atoms with van der Waals surface area (Å²) in [7, 11) is 1.57. The Balaban J connectivity index is 1.72. The van der Waals surface area contributed by atoms with Crippen LogP contribution in [0.4, 0.5) is 8.78 Å². The van der Waals surface area contributed by atoms with E-state index < -0.39 is 11.7 Å². The number of carbonyl (C=O) groups is 1. The van der Waals surface area contributed by atoms with Crippen molar-refractivity contribution in [3.8, 4) is 0 Å². The summed E-state index contributed by atoms with van der Waals surface area (Å²) in [6.07, 6.45) is 0.334. The van der Waals surface area contributed by atoms with Crippen LogP contribution in [-0.4, -0.2) is 37.8 Å². The Morgan fingerprint density at radius 1 is 1.26 bits per heavy atom. The molecule has 0 aromatic heterocycles. The second-order valence-electron chi connectivity index (χ2n) is 7.22. The van der Waals surface area contributed by atoms with Crippen molar-refractivity contribution in [2.75, 3.05) is 13.7 Å². The molecule has 0 spiro atoms. The lowest BCUT2D eigenvalue weighted by Gasteiger charge is -2.20. The molecule has 1 saturated heterocycles. The quantitative estimate of drug-likeness (QED) is 0.399. The van der Waals surface area contributed by atoms with Gasteiger partial charge in [-0.15, -0.1) is 0 Å². The maximum atomic E-state index is 13.7. The molecule has 2 aromatic rings. The number of ether oxygens (including phenoxy) is 1. The smallest absolute Gasteiger partial charge is 0.280 e. The molecule has 1 aliphatic rings. The molecule has 7 nitrogen and oxygen atoms in total. The Kier molecular flexibility index (Phi) is 7.91. The maximum absolute atomic E-state index is 13.7. The van der Waals surface area contributed by atoms with Crippen LogP contribution in [0.1, 0.15) is 35.3 Å². The van der Waals surface area contributed by atoms with Gasteiger partial charge in [0.1, 0.15) is 11.6 Å². The Morgan fingerprint density at radius 3 is 2.68 bits per heavy atom. The first-order chi connectivity index (χ1) is 14.9. The molecule has 0 saturated carbocycles. The Morgan fingerprint density at radius 2 is 2.00 bits per heavy atom. The van der Waals surface area contributed by atoms with E-state index in [1.54, 1.807) is 19.2 Å². The molecule has 4 N–H and O–H groups in total. The third-order valence-electron chi connectivity index (χ3n) is 4.67. The van der Waals surface area contributed by atoms with Gasteiger partial charge in [-0.3, -0.25) is 4.79 Å². The minimum Gasteiger partial charge on any atom is -0.383 e. The molecule has 2 aromatic carbocycles. The van der Waals surface area contributed by atoms with E-state index in [0.29, 0.717) is 13.0 Å². The summed E-state index contributed by atoms with van der Waals surface area (Å²) < 4.78 is 32.0. The van der Waals surface area contributed by atoms with Crippen molar-refractivity contribution >= 4 is 23.5 Å². The molecule has 0 aliphatic carbocycles. The van der Waals surface area contributed by atoms with E-state index in [-0.39, 0.29) is 40.6 Å². The van der Waals surface area contributed by atoms with E-state index >= 15 is 0 Å². The summed E-state index contributed by atoms with van der Waals surface area (Å²) in [5, 5.41) is 6.16. The predicted molar refractivity (Wildman–Crippen MR) is 115 cm³/mol. The fraction of sp³-hybridized carbons (Fsp3) is 0.333. The van der Waals surface area contributed by atoms with Crippen molar-refractivity contribution in [2.45, 2.75) is 31.6 Å². The summed E-state index contributed by atoms with van der Waals surface area (Å²) in [5.41, 5.74) is 7.22. The summed E-state index contributed by atoms with van der Waals surface area (Å²) >= 11 is 5.68. The second-order valence-corrected chi connectivity index (χ2v) is 7.63. The average Bonchev–Trinajstić information content (AvgIpc) is 3.19. The van der Waals surface area contributed by atoms with E-state index in [4.69, 9.17) is 16.3 Å². The van der Waals surface area contributed by atoms with Crippen LogP contribution in [0.15, 0.2) is 47.5 Å². The molecule has 31 heavy (non-hydrogen) atoms. The molecular formula is C21H24ClF2N5O2. The van der Waals surface area contributed by atoms with Gasteiger partial charge < -0.3 is 15.4 Å². The van der Waals surface area contributed by atoms with Gasteiger partial charge in [0.2, 0.25) is 5.96 Å². The highest BCUT2D eigenvalue weighted by Crippen LogP contribution is 2.21. The van der Waals surface area contributed by atoms with E-state index in [1.807, 2.05) is 6.92 Å². The Labute approximate surface area is 184 Å². The summed E-state index contributed by atoms with van der Waals surface area (Å²) in [5.74, 6) is -1.41. The first-order valence-electron chi connectivity index (χ1n) is 9.72. The highest BCUT2D eigenvalue weighted by Gasteiger charge is 2.26. The molecule has 1 fully saturated rings. The van der Waals surface area contributed by atoms with Crippen molar-refractivity contribution in [1.82, 2.24) is 21.5 Å². The standard InChI is InChI=1S/C21H24ClF2N5O2/c1-12(11-31-2)25-21(27-20(30)14-5-8-16(22)17(24)9-14)26-19-10-18(28-29-19)13-3-6-15(23)7-4-13/h3-9,12,18-19,28-29H,10-11H2,1-2H3,(H2,25,26,27,30)/t12-,18?,19?/m0/s1. The van der Waals surface area contributed by atoms with Gasteiger partial charge >= 0.3 is 0 Å². The maximum Gasteiger partial charge on any atom is 0.280 e. The SMILES string of the molecule is COC[C@H](C)N/C(=N/C(=O)c1ccc(Cl)c(F)c1)NC1CC(c2ccc(F)cc2)NN1. The summed E-state index contributed by atoms with van der Waals surface area (Å²) in [4.78, 5) is 16.7. The predicted octanol–water partition coefficient (Wildman–Crippen LogP) is 2.89. The van der Waals surface area contributed by atoms with Gasteiger partial charge in [-0.2, -0.15) is 4.99 Å². The van der Waals surface area contributed by atoms with Gasteiger partial charge in [0.05, 0.1) is 17.8 Å². The third-order valence-corrected chi connectivity index (χ3v) is 4.97. The van der Waals surface area contributed by atoms with E-state index in [1.165, 1.54) is 24.3 Å². The molecule has 10 heteroatoms. The van der Waals surface area contributed by atoms with Gasteiger partial charge in [-0.25, -0.2) is 19.6 Å². The number of aliphatic imine (C=N–C) groups is 1. The zero-order chi connectivity index (χ0) is 22.4. The number of carbonyl (C=O) groups excluding carboxylic acids is 1. The number of nitrogens with zero attached hydrogens (tertiary/aromatic N) is 1. The molecule has 0 bridgehead atoms. The van der Waals surface area contributed by atoms with Crippen LogP contribution >= 0.6 is 11.6 Å². The monoisotopic (exact) mass is 451 g/mol. The number of methoxy groups -OCH3 is 1. The summed E-state index contributed by atoms with van der Waals surface area (Å²) in [6.45, 7) is 2.26. The topological polar surface area (TPSA) is 86.8 Å². The lowest BCUT2D eigenvalue weighted by Crippen LogP contribution is -2.52. The fourth-order valence-corrected chi connectivity index (χ4v) is 3.27. The normalized spacial score (nSPS) is 19.8. The van der Waals surface area contributed by atoms with E-state index in [2.05, 4.69) is 26.5 Å². The van der Waals surface area contributed by atoms with Gasteiger partial charge in [0.25, 0.3) is 5.91 Å². The Hall–Kier alpha value is -2.59. The molecule has 1 amide bonds. The number of hydrazine groups is 1.